The molecule has 0 unspecified atom stereocenters. The molecule has 2 heterocycles. The average molecular weight is 446 g/mol. The molecule has 0 bridgehead atoms. The quantitative estimate of drug-likeness (QED) is 0.539. The van der Waals surface area contributed by atoms with E-state index in [2.05, 4.69) is 20.8 Å². The standard InChI is InChI=1S/C20H23N5O3S2/c1-13-7-3-4-8-14(13)21-18-23-24-19(30-18)29-12-16(27)25-11-15(26)22-17(28)20(25)9-5-2-6-10-20/h3-4,7-8H,2,5-6,9-12H2,1H3,(H,21,23)(H,22,26,28). The largest absolute Gasteiger partial charge is 0.330 e. The van der Waals surface area contributed by atoms with Gasteiger partial charge in [-0.15, -0.1) is 10.2 Å². The molecule has 30 heavy (non-hydrogen) atoms. The van der Waals surface area contributed by atoms with Crippen LogP contribution < -0.4 is 10.6 Å². The Hall–Kier alpha value is -2.46. The van der Waals surface area contributed by atoms with E-state index in [9.17, 15) is 14.4 Å². The highest BCUT2D eigenvalue weighted by Crippen LogP contribution is 2.36. The second-order valence-electron chi connectivity index (χ2n) is 7.55. The normalized spacial score (nSPS) is 18.4. The van der Waals surface area contributed by atoms with Gasteiger partial charge in [-0.1, -0.05) is 60.6 Å². The minimum absolute atomic E-state index is 0.0681. The maximum Gasteiger partial charge on any atom is 0.252 e. The van der Waals surface area contributed by atoms with Crippen molar-refractivity contribution in [3.8, 4) is 0 Å². The van der Waals surface area contributed by atoms with Gasteiger partial charge >= 0.3 is 0 Å². The number of carbonyl (C=O) groups is 3. The molecule has 3 amide bonds. The summed E-state index contributed by atoms with van der Waals surface area (Å²) < 4.78 is 0.657. The van der Waals surface area contributed by atoms with Crippen LogP contribution in [0.15, 0.2) is 28.6 Å². The van der Waals surface area contributed by atoms with Crippen LogP contribution >= 0.6 is 23.1 Å². The highest BCUT2D eigenvalue weighted by atomic mass is 32.2. The van der Waals surface area contributed by atoms with Crippen molar-refractivity contribution in [1.29, 1.82) is 0 Å². The summed E-state index contributed by atoms with van der Waals surface area (Å²) in [6.07, 6.45) is 4.00. The van der Waals surface area contributed by atoms with Gasteiger partial charge in [0.05, 0.1) is 5.75 Å². The number of piperazine rings is 1. The van der Waals surface area contributed by atoms with Gasteiger partial charge in [-0.25, -0.2) is 0 Å². The van der Waals surface area contributed by atoms with Crippen molar-refractivity contribution >= 4 is 51.6 Å². The van der Waals surface area contributed by atoms with Crippen LogP contribution in [0.1, 0.15) is 37.7 Å². The zero-order valence-corrected chi connectivity index (χ0v) is 18.3. The zero-order valence-electron chi connectivity index (χ0n) is 16.6. The van der Waals surface area contributed by atoms with Crippen LogP contribution in [-0.4, -0.2) is 50.7 Å². The van der Waals surface area contributed by atoms with Crippen LogP contribution in [0.4, 0.5) is 10.8 Å². The summed E-state index contributed by atoms with van der Waals surface area (Å²) in [4.78, 5) is 39.0. The summed E-state index contributed by atoms with van der Waals surface area (Å²) in [5.74, 6) is -0.859. The highest BCUT2D eigenvalue weighted by Gasteiger charge is 2.50. The lowest BCUT2D eigenvalue weighted by Crippen LogP contribution is -2.69. The smallest absolute Gasteiger partial charge is 0.252 e. The number of anilines is 2. The number of rotatable bonds is 5. The lowest BCUT2D eigenvalue weighted by molar-refractivity contribution is -0.158. The third-order valence-corrected chi connectivity index (χ3v) is 7.54. The first-order chi connectivity index (χ1) is 14.5. The molecule has 1 aliphatic carbocycles. The number of imide groups is 1. The second-order valence-corrected chi connectivity index (χ2v) is 9.75. The van der Waals surface area contributed by atoms with Crippen LogP contribution in [0.25, 0.3) is 0 Å². The lowest BCUT2D eigenvalue weighted by atomic mass is 9.78. The van der Waals surface area contributed by atoms with Gasteiger partial charge in [-0.05, 0) is 31.4 Å². The molecule has 1 aromatic heterocycles. The van der Waals surface area contributed by atoms with E-state index in [0.29, 0.717) is 22.3 Å². The predicted octanol–water partition coefficient (Wildman–Crippen LogP) is 2.87. The fourth-order valence-electron chi connectivity index (χ4n) is 4.01. The van der Waals surface area contributed by atoms with E-state index < -0.39 is 11.4 Å². The van der Waals surface area contributed by atoms with Crippen molar-refractivity contribution in [3.05, 3.63) is 29.8 Å². The zero-order chi connectivity index (χ0) is 21.1. The SMILES string of the molecule is Cc1ccccc1Nc1nnc(SCC(=O)N2CC(=O)NC(=O)C23CCCCC3)s1. The lowest BCUT2D eigenvalue weighted by Gasteiger charge is -2.47. The van der Waals surface area contributed by atoms with Crippen molar-refractivity contribution in [1.82, 2.24) is 20.4 Å². The number of nitrogens with one attached hydrogen (secondary N) is 2. The van der Waals surface area contributed by atoms with Gasteiger partial charge in [0.1, 0.15) is 12.1 Å². The molecule has 2 fully saturated rings. The molecule has 8 nitrogen and oxygen atoms in total. The molecule has 1 aliphatic heterocycles. The molecular formula is C20H23N5O3S2. The fourth-order valence-corrected chi connectivity index (χ4v) is 5.65. The van der Waals surface area contributed by atoms with E-state index in [1.54, 1.807) is 0 Å². The summed E-state index contributed by atoms with van der Waals surface area (Å²) in [5, 5.41) is 14.6. The summed E-state index contributed by atoms with van der Waals surface area (Å²) in [6, 6.07) is 7.89. The third-order valence-electron chi connectivity index (χ3n) is 5.59. The molecule has 2 N–H and O–H groups in total. The van der Waals surface area contributed by atoms with Crippen molar-refractivity contribution < 1.29 is 14.4 Å². The number of aryl methyl sites for hydroxylation is 1. The molecule has 1 aromatic carbocycles. The Balaban J connectivity index is 1.41. The van der Waals surface area contributed by atoms with Crippen molar-refractivity contribution in [3.63, 3.8) is 0 Å². The Morgan fingerprint density at radius 3 is 2.77 bits per heavy atom. The summed E-state index contributed by atoms with van der Waals surface area (Å²) in [5.41, 5.74) is 1.17. The summed E-state index contributed by atoms with van der Waals surface area (Å²) >= 11 is 2.64. The summed E-state index contributed by atoms with van der Waals surface area (Å²) in [7, 11) is 0. The van der Waals surface area contributed by atoms with Gasteiger partial charge in [-0.3, -0.25) is 19.7 Å². The number of benzene rings is 1. The maximum atomic E-state index is 13.0. The van der Waals surface area contributed by atoms with Gasteiger partial charge in [-0.2, -0.15) is 0 Å². The Morgan fingerprint density at radius 1 is 1.23 bits per heavy atom. The van der Waals surface area contributed by atoms with Crippen molar-refractivity contribution in [2.24, 2.45) is 0 Å². The van der Waals surface area contributed by atoms with E-state index in [1.165, 1.54) is 28.0 Å². The van der Waals surface area contributed by atoms with Crippen molar-refractivity contribution in [2.75, 3.05) is 17.6 Å². The topological polar surface area (TPSA) is 104 Å². The van der Waals surface area contributed by atoms with Gasteiger partial charge in [0.25, 0.3) is 5.91 Å². The molecule has 2 aliphatic rings. The monoisotopic (exact) mass is 445 g/mol. The molecular weight excluding hydrogens is 422 g/mol. The van der Waals surface area contributed by atoms with E-state index in [0.717, 1.165) is 30.5 Å². The average Bonchev–Trinajstić information content (AvgIpc) is 3.19. The van der Waals surface area contributed by atoms with Crippen LogP contribution in [0, 0.1) is 6.92 Å². The minimum atomic E-state index is -0.886. The van der Waals surface area contributed by atoms with Crippen LogP contribution in [0.5, 0.6) is 0 Å². The number of hydrogen-bond donors (Lipinski definition) is 2. The third kappa shape index (κ3) is 4.20. The van der Waals surface area contributed by atoms with Gasteiger partial charge < -0.3 is 10.2 Å². The Bertz CT molecular complexity index is 971. The number of amides is 3. The summed E-state index contributed by atoms with van der Waals surface area (Å²) in [6.45, 7) is 1.94. The Kier molecular flexibility index (Phi) is 6.05. The first-order valence-electron chi connectivity index (χ1n) is 9.92. The molecule has 1 saturated carbocycles. The first kappa shape index (κ1) is 20.8. The number of nitrogens with zero attached hydrogens (tertiary/aromatic N) is 3. The number of aromatic nitrogens is 2. The van der Waals surface area contributed by atoms with Crippen LogP contribution in [0.2, 0.25) is 0 Å². The molecule has 1 spiro atoms. The van der Waals surface area contributed by atoms with Crippen molar-refractivity contribution in [2.45, 2.75) is 48.9 Å². The number of carbonyl (C=O) groups excluding carboxylic acids is 3. The molecule has 4 rings (SSSR count). The molecule has 158 valence electrons. The van der Waals surface area contributed by atoms with Crippen LogP contribution in [0.3, 0.4) is 0 Å². The Labute approximate surface area is 182 Å². The minimum Gasteiger partial charge on any atom is -0.330 e. The molecule has 2 aromatic rings. The van der Waals surface area contributed by atoms with E-state index in [1.807, 2.05) is 31.2 Å². The predicted molar refractivity (Wildman–Crippen MR) is 116 cm³/mol. The van der Waals surface area contributed by atoms with E-state index in [4.69, 9.17) is 0 Å². The molecule has 10 heteroatoms. The Morgan fingerprint density at radius 2 is 2.00 bits per heavy atom. The number of thioether (sulfide) groups is 1. The van der Waals surface area contributed by atoms with Gasteiger partial charge in [0.2, 0.25) is 16.9 Å². The number of para-hydroxylation sites is 1. The fraction of sp³-hybridized carbons (Fsp3) is 0.450. The van der Waals surface area contributed by atoms with Gasteiger partial charge in [0, 0.05) is 5.69 Å². The second kappa shape index (κ2) is 8.73. The van der Waals surface area contributed by atoms with E-state index >= 15 is 0 Å². The highest BCUT2D eigenvalue weighted by molar-refractivity contribution is 8.01. The molecule has 0 atom stereocenters. The first-order valence-corrected chi connectivity index (χ1v) is 11.7. The molecule has 0 radical (unpaired) electrons. The van der Waals surface area contributed by atoms with Crippen LogP contribution in [-0.2, 0) is 14.4 Å². The van der Waals surface area contributed by atoms with E-state index in [-0.39, 0.29) is 24.1 Å². The van der Waals surface area contributed by atoms with Gasteiger partial charge in [0.15, 0.2) is 4.34 Å². The number of hydrogen-bond acceptors (Lipinski definition) is 8. The maximum absolute atomic E-state index is 13.0. The molecule has 1 saturated heterocycles.